The Balaban J connectivity index is 2.84. The number of carbonyl (C=O) groups excluding carboxylic acids is 1. The Bertz CT molecular complexity index is 379. The summed E-state index contributed by atoms with van der Waals surface area (Å²) < 4.78 is 0. The van der Waals surface area contributed by atoms with Gasteiger partial charge in [-0.05, 0) is 11.0 Å². The number of benzene rings is 1. The summed E-state index contributed by atoms with van der Waals surface area (Å²) in [5.74, 6) is -0.284. The average Bonchev–Trinajstić information content (AvgIpc) is 2.17. The molecule has 1 aromatic carbocycles. The van der Waals surface area contributed by atoms with Crippen molar-refractivity contribution in [2.75, 3.05) is 0 Å². The molecular formula is C9H11BN2O3. The molecule has 0 saturated heterocycles. The molecule has 5 nitrogen and oxygen atoms in total. The molecule has 0 bridgehead atoms. The molecule has 0 spiro atoms. The molecule has 0 heterocycles. The maximum absolute atomic E-state index is 10.5. The van der Waals surface area contributed by atoms with Crippen molar-refractivity contribution < 1.29 is 14.8 Å². The lowest BCUT2D eigenvalue weighted by Gasteiger charge is -2.02. The highest BCUT2D eigenvalue weighted by Gasteiger charge is 2.13. The zero-order valence-corrected chi connectivity index (χ0v) is 8.21. The van der Waals surface area contributed by atoms with Gasteiger partial charge >= 0.3 is 7.12 Å². The first-order valence-corrected chi connectivity index (χ1v) is 4.36. The van der Waals surface area contributed by atoms with E-state index in [4.69, 9.17) is 10.0 Å². The van der Waals surface area contributed by atoms with E-state index in [1.807, 2.05) is 0 Å². The van der Waals surface area contributed by atoms with E-state index in [1.165, 1.54) is 13.1 Å². The third kappa shape index (κ3) is 3.53. The smallest absolute Gasteiger partial charge is 0.423 e. The molecule has 78 valence electrons. The fourth-order valence-electron chi connectivity index (χ4n) is 1.06. The Kier molecular flexibility index (Phi) is 4.02. The number of hydrogen-bond acceptors (Lipinski definition) is 4. The van der Waals surface area contributed by atoms with E-state index in [2.05, 4.69) is 10.5 Å². The molecule has 3 N–H and O–H groups in total. The highest BCUT2D eigenvalue weighted by atomic mass is 16.4. The fraction of sp³-hybridized carbons (Fsp3) is 0.111. The topological polar surface area (TPSA) is 81.9 Å². The standard InChI is InChI=1S/C9H11BN2O3/c1-7(13)12-11-6-8-4-2-3-5-9(8)10(14)15/h2-6,14-15H,1H3,(H,12,13)/b11-6+. The first-order chi connectivity index (χ1) is 7.11. The van der Waals surface area contributed by atoms with Gasteiger partial charge in [0.25, 0.3) is 0 Å². The normalized spacial score (nSPS) is 10.3. The Morgan fingerprint density at radius 3 is 2.73 bits per heavy atom. The maximum atomic E-state index is 10.5. The fourth-order valence-corrected chi connectivity index (χ4v) is 1.06. The first-order valence-electron chi connectivity index (χ1n) is 4.36. The molecule has 0 aromatic heterocycles. The summed E-state index contributed by atoms with van der Waals surface area (Å²) in [4.78, 5) is 10.5. The highest BCUT2D eigenvalue weighted by molar-refractivity contribution is 6.60. The lowest BCUT2D eigenvalue weighted by atomic mass is 9.77. The summed E-state index contributed by atoms with van der Waals surface area (Å²) in [6.07, 6.45) is 1.36. The van der Waals surface area contributed by atoms with E-state index in [9.17, 15) is 4.79 Å². The number of nitrogens with zero attached hydrogens (tertiary/aromatic N) is 1. The predicted octanol–water partition coefficient (Wildman–Crippen LogP) is -1.16. The maximum Gasteiger partial charge on any atom is 0.489 e. The van der Waals surface area contributed by atoms with Crippen molar-refractivity contribution in [2.24, 2.45) is 5.10 Å². The van der Waals surface area contributed by atoms with Gasteiger partial charge < -0.3 is 10.0 Å². The molecule has 0 aliphatic heterocycles. The number of hydrazone groups is 1. The quantitative estimate of drug-likeness (QED) is 0.331. The van der Waals surface area contributed by atoms with Gasteiger partial charge in [0.05, 0.1) is 6.21 Å². The summed E-state index contributed by atoms with van der Waals surface area (Å²) in [7, 11) is -1.55. The Labute approximate surface area is 87.6 Å². The van der Waals surface area contributed by atoms with Crippen LogP contribution in [0.2, 0.25) is 0 Å². The van der Waals surface area contributed by atoms with Crippen LogP contribution < -0.4 is 10.9 Å². The van der Waals surface area contributed by atoms with Crippen LogP contribution in [-0.2, 0) is 4.79 Å². The first kappa shape index (κ1) is 11.4. The molecule has 1 amide bonds. The van der Waals surface area contributed by atoms with Crippen LogP contribution in [0.4, 0.5) is 0 Å². The molecule has 0 aliphatic rings. The van der Waals surface area contributed by atoms with E-state index >= 15 is 0 Å². The van der Waals surface area contributed by atoms with Gasteiger partial charge in [-0.1, -0.05) is 24.3 Å². The van der Waals surface area contributed by atoms with Crippen molar-refractivity contribution in [1.29, 1.82) is 0 Å². The molecule has 0 radical (unpaired) electrons. The summed E-state index contributed by atoms with van der Waals surface area (Å²) in [5.41, 5.74) is 3.11. The molecule has 0 saturated carbocycles. The van der Waals surface area contributed by atoms with E-state index in [0.717, 1.165) is 0 Å². The molecule has 15 heavy (non-hydrogen) atoms. The molecule has 0 atom stereocenters. The van der Waals surface area contributed by atoms with Gasteiger partial charge in [0, 0.05) is 6.92 Å². The van der Waals surface area contributed by atoms with Gasteiger partial charge in [-0.3, -0.25) is 4.79 Å². The second kappa shape index (κ2) is 5.28. The number of rotatable bonds is 3. The number of amides is 1. The van der Waals surface area contributed by atoms with Crippen LogP contribution in [0.1, 0.15) is 12.5 Å². The van der Waals surface area contributed by atoms with Crippen molar-refractivity contribution >= 4 is 24.7 Å². The Hall–Kier alpha value is -1.66. The third-order valence-electron chi connectivity index (χ3n) is 1.70. The van der Waals surface area contributed by atoms with E-state index in [0.29, 0.717) is 11.0 Å². The van der Waals surface area contributed by atoms with Gasteiger partial charge in [-0.2, -0.15) is 5.10 Å². The molecule has 1 rings (SSSR count). The van der Waals surface area contributed by atoms with Crippen LogP contribution in [0, 0.1) is 0 Å². The van der Waals surface area contributed by atoms with Crippen molar-refractivity contribution in [3.05, 3.63) is 29.8 Å². The van der Waals surface area contributed by atoms with Gasteiger partial charge in [0.1, 0.15) is 0 Å². The Morgan fingerprint density at radius 2 is 2.13 bits per heavy atom. The highest BCUT2D eigenvalue weighted by Crippen LogP contribution is 1.93. The van der Waals surface area contributed by atoms with Crippen molar-refractivity contribution in [1.82, 2.24) is 5.43 Å². The second-order valence-corrected chi connectivity index (χ2v) is 2.93. The van der Waals surface area contributed by atoms with Gasteiger partial charge in [0.15, 0.2) is 0 Å². The van der Waals surface area contributed by atoms with Crippen LogP contribution >= 0.6 is 0 Å². The molecule has 0 fully saturated rings. The van der Waals surface area contributed by atoms with Gasteiger partial charge in [-0.15, -0.1) is 0 Å². The Morgan fingerprint density at radius 1 is 1.47 bits per heavy atom. The zero-order chi connectivity index (χ0) is 11.3. The predicted molar refractivity (Wildman–Crippen MR) is 57.7 cm³/mol. The van der Waals surface area contributed by atoms with Crippen LogP contribution in [0.15, 0.2) is 29.4 Å². The SMILES string of the molecule is CC(=O)N/N=C/c1ccccc1B(O)O. The van der Waals surface area contributed by atoms with Crippen LogP contribution in [-0.4, -0.2) is 29.3 Å². The van der Waals surface area contributed by atoms with Crippen LogP contribution in [0.3, 0.4) is 0 Å². The number of carbonyl (C=O) groups is 1. The minimum absolute atomic E-state index is 0.284. The molecule has 0 aliphatic carbocycles. The zero-order valence-electron chi connectivity index (χ0n) is 8.21. The lowest BCUT2D eigenvalue weighted by molar-refractivity contribution is -0.118. The number of hydrogen-bond donors (Lipinski definition) is 3. The third-order valence-corrected chi connectivity index (χ3v) is 1.70. The molecule has 1 aromatic rings. The lowest BCUT2D eigenvalue weighted by Crippen LogP contribution is -2.33. The summed E-state index contributed by atoms with van der Waals surface area (Å²) in [6.45, 7) is 1.34. The summed E-state index contributed by atoms with van der Waals surface area (Å²) in [6, 6.07) is 6.66. The summed E-state index contributed by atoms with van der Waals surface area (Å²) in [5, 5.41) is 21.7. The largest absolute Gasteiger partial charge is 0.489 e. The van der Waals surface area contributed by atoms with Crippen molar-refractivity contribution in [3.63, 3.8) is 0 Å². The number of nitrogens with one attached hydrogen (secondary N) is 1. The summed E-state index contributed by atoms with van der Waals surface area (Å²) >= 11 is 0. The monoisotopic (exact) mass is 206 g/mol. The van der Waals surface area contributed by atoms with E-state index in [1.54, 1.807) is 24.3 Å². The molecule has 0 unspecified atom stereocenters. The average molecular weight is 206 g/mol. The van der Waals surface area contributed by atoms with Crippen LogP contribution in [0.5, 0.6) is 0 Å². The van der Waals surface area contributed by atoms with E-state index in [-0.39, 0.29) is 5.91 Å². The van der Waals surface area contributed by atoms with Crippen molar-refractivity contribution in [3.8, 4) is 0 Å². The molecule has 6 heteroatoms. The minimum Gasteiger partial charge on any atom is -0.423 e. The van der Waals surface area contributed by atoms with Gasteiger partial charge in [0.2, 0.25) is 5.91 Å². The van der Waals surface area contributed by atoms with E-state index < -0.39 is 7.12 Å². The van der Waals surface area contributed by atoms with Crippen LogP contribution in [0.25, 0.3) is 0 Å². The van der Waals surface area contributed by atoms with Crippen molar-refractivity contribution in [2.45, 2.75) is 6.92 Å². The van der Waals surface area contributed by atoms with Gasteiger partial charge in [-0.25, -0.2) is 5.43 Å². The second-order valence-electron chi connectivity index (χ2n) is 2.93. The molecular weight excluding hydrogens is 195 g/mol. The minimum atomic E-state index is -1.55.